The van der Waals surface area contributed by atoms with Crippen LogP contribution in [0.2, 0.25) is 10.0 Å². The first kappa shape index (κ1) is 32.7. The summed E-state index contributed by atoms with van der Waals surface area (Å²) >= 11 is 12.6. The Morgan fingerprint density at radius 3 is 2.23 bits per heavy atom. The van der Waals surface area contributed by atoms with Crippen molar-refractivity contribution in [3.05, 3.63) is 45.5 Å². The van der Waals surface area contributed by atoms with Crippen LogP contribution in [0.4, 0.5) is 13.2 Å². The van der Waals surface area contributed by atoms with E-state index < -0.39 is 46.6 Å². The lowest BCUT2D eigenvalue weighted by atomic mass is 9.74. The molecule has 2 saturated carbocycles. The molecule has 0 N–H and O–H groups in total. The molecule has 240 valence electrons. The van der Waals surface area contributed by atoms with Crippen LogP contribution in [-0.2, 0) is 15.7 Å². The normalized spacial score (nSPS) is 26.5. The van der Waals surface area contributed by atoms with Crippen LogP contribution in [0, 0.1) is 17.3 Å². The zero-order chi connectivity index (χ0) is 31.8. The number of ether oxygens (including phenoxy) is 1. The van der Waals surface area contributed by atoms with Gasteiger partial charge in [-0.15, -0.1) is 0 Å². The van der Waals surface area contributed by atoms with Gasteiger partial charge < -0.3 is 9.64 Å². The number of halogens is 5. The van der Waals surface area contributed by atoms with E-state index in [1.807, 2.05) is 0 Å². The molecule has 8 nitrogen and oxygen atoms in total. The third kappa shape index (κ3) is 6.36. The molecule has 5 rings (SSSR count). The summed E-state index contributed by atoms with van der Waals surface area (Å²) in [5.41, 5.74) is -2.51. The molecule has 0 aromatic carbocycles. The van der Waals surface area contributed by atoms with Gasteiger partial charge in [0.15, 0.2) is 11.5 Å². The van der Waals surface area contributed by atoms with E-state index in [0.29, 0.717) is 19.3 Å². The van der Waals surface area contributed by atoms with E-state index in [4.69, 9.17) is 27.9 Å². The van der Waals surface area contributed by atoms with E-state index in [0.717, 1.165) is 43.0 Å². The lowest BCUT2D eigenvalue weighted by Gasteiger charge is -2.36. The number of nitrogens with zero attached hydrogens (tertiary/aromatic N) is 4. The average molecular weight is 658 g/mol. The molecule has 1 unspecified atom stereocenters. The van der Waals surface area contributed by atoms with Gasteiger partial charge in [-0.05, 0) is 57.8 Å². The molecular weight excluding hydrogens is 620 g/mol. The fourth-order valence-corrected chi connectivity index (χ4v) is 7.88. The number of likely N-dealkylation sites (tertiary alicyclic amines) is 1. The summed E-state index contributed by atoms with van der Waals surface area (Å²) in [7, 11) is 0. The second kappa shape index (κ2) is 13.0. The molecule has 0 bridgehead atoms. The number of hydrogen-bond donors (Lipinski definition) is 0. The Labute approximate surface area is 264 Å². The van der Waals surface area contributed by atoms with Gasteiger partial charge in [0.05, 0.1) is 51.5 Å². The lowest BCUT2D eigenvalue weighted by Crippen LogP contribution is -2.41. The summed E-state index contributed by atoms with van der Waals surface area (Å²) in [5.74, 6) is -1.55. The van der Waals surface area contributed by atoms with Crippen molar-refractivity contribution in [2.75, 3.05) is 13.2 Å². The maximum absolute atomic E-state index is 14.7. The molecule has 3 fully saturated rings. The maximum atomic E-state index is 14.7. The lowest BCUT2D eigenvalue weighted by molar-refractivity contribution is -0.157. The minimum Gasteiger partial charge on any atom is -0.466 e. The average Bonchev–Trinajstić information content (AvgIpc) is 3.64. The third-order valence-electron chi connectivity index (χ3n) is 9.78. The number of rotatable bonds is 7. The Morgan fingerprint density at radius 1 is 1.00 bits per heavy atom. The predicted molar refractivity (Wildman–Crippen MR) is 158 cm³/mol. The summed E-state index contributed by atoms with van der Waals surface area (Å²) in [5, 5.41) is 4.13. The number of pyridine rings is 1. The van der Waals surface area contributed by atoms with E-state index >= 15 is 0 Å². The van der Waals surface area contributed by atoms with Crippen LogP contribution in [-0.4, -0.2) is 56.5 Å². The van der Waals surface area contributed by atoms with Gasteiger partial charge in [-0.2, -0.15) is 18.3 Å². The Balaban J connectivity index is 1.46. The molecule has 1 saturated heterocycles. The van der Waals surface area contributed by atoms with Gasteiger partial charge in [0.25, 0.3) is 5.91 Å². The predicted octanol–water partition coefficient (Wildman–Crippen LogP) is 7.58. The number of hydrogen-bond acceptors (Lipinski definition) is 6. The van der Waals surface area contributed by atoms with Gasteiger partial charge in [-0.1, -0.05) is 55.3 Å². The number of Topliss-reactive ketones (excluding diaryl/α,β-unsaturated/α-hetero) is 1. The number of ketones is 1. The third-order valence-corrected chi connectivity index (χ3v) is 10.4. The topological polar surface area (TPSA) is 94.4 Å². The monoisotopic (exact) mass is 656 g/mol. The molecule has 13 heteroatoms. The maximum Gasteiger partial charge on any atom is 0.433 e. The van der Waals surface area contributed by atoms with Crippen molar-refractivity contribution in [3.8, 4) is 0 Å². The molecule has 2 aromatic rings. The first-order valence-electron chi connectivity index (χ1n) is 15.3. The van der Waals surface area contributed by atoms with E-state index in [9.17, 15) is 27.6 Å². The number of aromatic nitrogens is 3. The minimum absolute atomic E-state index is 0.00835. The fraction of sp³-hybridized carbons (Fsp3) is 0.645. The summed E-state index contributed by atoms with van der Waals surface area (Å²) in [4.78, 5) is 45.6. The first-order chi connectivity index (χ1) is 20.9. The number of esters is 1. The van der Waals surface area contributed by atoms with Crippen LogP contribution in [0.25, 0.3) is 0 Å². The van der Waals surface area contributed by atoms with Crippen molar-refractivity contribution < 1.29 is 32.3 Å². The van der Waals surface area contributed by atoms with Crippen molar-refractivity contribution in [3.63, 3.8) is 0 Å². The second-order valence-electron chi connectivity index (χ2n) is 12.6. The molecule has 44 heavy (non-hydrogen) atoms. The van der Waals surface area contributed by atoms with Crippen molar-refractivity contribution in [1.29, 1.82) is 0 Å². The van der Waals surface area contributed by atoms with E-state index in [-0.39, 0.29) is 59.4 Å². The SMILES string of the molecule is CCOC(=O)C1(C)CCC(n2ncc(C(=O)N3C[C@H](C4CCCCC4)CC3C(=O)c3c(Cl)cncc3Cl)c2C(F)(F)F)CC1. The Morgan fingerprint density at radius 2 is 1.64 bits per heavy atom. The number of amides is 1. The highest BCUT2D eigenvalue weighted by atomic mass is 35.5. The summed E-state index contributed by atoms with van der Waals surface area (Å²) in [6.07, 6.45) is 5.23. The second-order valence-corrected chi connectivity index (χ2v) is 13.4. The molecule has 1 amide bonds. The van der Waals surface area contributed by atoms with Gasteiger partial charge in [-0.25, -0.2) is 0 Å². The largest absolute Gasteiger partial charge is 0.466 e. The molecule has 2 aliphatic carbocycles. The quantitative estimate of drug-likeness (QED) is 0.225. The number of alkyl halides is 3. The van der Waals surface area contributed by atoms with Crippen molar-refractivity contribution in [2.24, 2.45) is 17.3 Å². The van der Waals surface area contributed by atoms with Crippen LogP contribution in [0.15, 0.2) is 18.6 Å². The van der Waals surface area contributed by atoms with Gasteiger partial charge in [0, 0.05) is 18.9 Å². The van der Waals surface area contributed by atoms with E-state index in [2.05, 4.69) is 10.1 Å². The molecule has 1 aliphatic heterocycles. The zero-order valence-corrected chi connectivity index (χ0v) is 26.4. The van der Waals surface area contributed by atoms with Crippen molar-refractivity contribution >= 4 is 40.9 Å². The van der Waals surface area contributed by atoms with Crippen molar-refractivity contribution in [1.82, 2.24) is 19.7 Å². The van der Waals surface area contributed by atoms with Gasteiger partial charge >= 0.3 is 12.1 Å². The molecule has 0 spiro atoms. The Hall–Kier alpha value is -2.66. The van der Waals surface area contributed by atoms with E-state index in [1.54, 1.807) is 13.8 Å². The Kier molecular flexibility index (Phi) is 9.66. The molecule has 3 aliphatic rings. The highest BCUT2D eigenvalue weighted by Crippen LogP contribution is 2.45. The molecule has 3 heterocycles. The van der Waals surface area contributed by atoms with Crippen molar-refractivity contribution in [2.45, 2.75) is 96.3 Å². The standard InChI is InChI=1S/C31H37Cl2F3N4O4/c1-3-44-29(43)30(2)11-9-20(10-12-30)40-27(31(34,35)36)21(14-38-40)28(42)39-17-19(18-7-5-4-6-8-18)13-24(39)26(41)25-22(32)15-37-16-23(25)33/h14-16,18-20,24H,3-13,17H2,1-2H3/t19-,20?,24?,30?/m1/s1. The van der Waals surface area contributed by atoms with Crippen LogP contribution < -0.4 is 0 Å². The smallest absolute Gasteiger partial charge is 0.433 e. The van der Waals surface area contributed by atoms with Gasteiger partial charge in [0.1, 0.15) is 0 Å². The van der Waals surface area contributed by atoms with Crippen LogP contribution in [0.1, 0.15) is 111 Å². The number of carbonyl (C=O) groups is 3. The molecule has 0 radical (unpaired) electrons. The van der Waals surface area contributed by atoms with E-state index in [1.165, 1.54) is 17.3 Å². The zero-order valence-electron chi connectivity index (χ0n) is 24.8. The fourth-order valence-electron chi connectivity index (χ4n) is 7.33. The van der Waals surface area contributed by atoms with Crippen LogP contribution >= 0.6 is 23.2 Å². The van der Waals surface area contributed by atoms with Crippen LogP contribution in [0.5, 0.6) is 0 Å². The molecule has 2 atom stereocenters. The highest BCUT2D eigenvalue weighted by molar-refractivity contribution is 6.40. The number of carbonyl (C=O) groups excluding carboxylic acids is 3. The Bertz CT molecular complexity index is 1380. The van der Waals surface area contributed by atoms with Gasteiger partial charge in [-0.3, -0.25) is 24.0 Å². The summed E-state index contributed by atoms with van der Waals surface area (Å²) in [6, 6.07) is -1.69. The molecular formula is C31H37Cl2F3N4O4. The summed E-state index contributed by atoms with van der Waals surface area (Å²) in [6.45, 7) is 3.85. The van der Waals surface area contributed by atoms with Gasteiger partial charge in [0.2, 0.25) is 0 Å². The first-order valence-corrected chi connectivity index (χ1v) is 16.1. The van der Waals surface area contributed by atoms with Crippen LogP contribution in [0.3, 0.4) is 0 Å². The molecule has 2 aromatic heterocycles. The minimum atomic E-state index is -4.89. The highest BCUT2D eigenvalue weighted by Gasteiger charge is 2.49. The summed E-state index contributed by atoms with van der Waals surface area (Å²) < 4.78 is 50.2.